The van der Waals surface area contributed by atoms with E-state index in [2.05, 4.69) is 21.7 Å². The van der Waals surface area contributed by atoms with Crippen LogP contribution in [-0.2, 0) is 0 Å². The molecule has 1 aromatic heterocycles. The average molecular weight is 288 g/mol. The lowest BCUT2D eigenvalue weighted by Crippen LogP contribution is -2.53. The fourth-order valence-electron chi connectivity index (χ4n) is 4.08. The van der Waals surface area contributed by atoms with Gasteiger partial charge in [0.2, 0.25) is 0 Å². The quantitative estimate of drug-likeness (QED) is 0.929. The minimum absolute atomic E-state index is 0.801. The maximum absolute atomic E-state index is 6.05. The largest absolute Gasteiger partial charge is 0.396 e. The van der Waals surface area contributed by atoms with Crippen LogP contribution in [-0.4, -0.2) is 42.1 Å². The van der Waals surface area contributed by atoms with Gasteiger partial charge in [-0.25, -0.2) is 4.98 Å². The standard InChI is InChI=1S/C17H28N4/c1-2-14-6-3-4-8-16(14)20-10-12-21(13-11-20)17-15(18)7-5-9-19-17/h5,7,9,14,16H,2-4,6,8,10-13,18H2,1H3. The molecule has 2 atom stereocenters. The molecule has 1 aromatic rings. The second-order valence-electron chi connectivity index (χ2n) is 6.46. The molecule has 0 radical (unpaired) electrons. The van der Waals surface area contributed by atoms with E-state index in [0.29, 0.717) is 0 Å². The summed E-state index contributed by atoms with van der Waals surface area (Å²) in [6.07, 6.45) is 8.83. The first kappa shape index (κ1) is 14.6. The summed E-state index contributed by atoms with van der Waals surface area (Å²) in [6.45, 7) is 6.75. The smallest absolute Gasteiger partial charge is 0.151 e. The van der Waals surface area contributed by atoms with Crippen molar-refractivity contribution in [2.75, 3.05) is 36.8 Å². The fourth-order valence-corrected chi connectivity index (χ4v) is 4.08. The number of hydrogen-bond donors (Lipinski definition) is 1. The number of aromatic nitrogens is 1. The normalized spacial score (nSPS) is 27.8. The number of pyridine rings is 1. The van der Waals surface area contributed by atoms with Crippen LogP contribution in [0.3, 0.4) is 0 Å². The van der Waals surface area contributed by atoms with E-state index in [0.717, 1.165) is 49.6 Å². The van der Waals surface area contributed by atoms with E-state index in [9.17, 15) is 0 Å². The van der Waals surface area contributed by atoms with Crippen LogP contribution < -0.4 is 10.6 Å². The van der Waals surface area contributed by atoms with E-state index in [1.165, 1.54) is 32.1 Å². The van der Waals surface area contributed by atoms with Crippen molar-refractivity contribution < 1.29 is 0 Å². The highest BCUT2D eigenvalue weighted by Gasteiger charge is 2.31. The lowest BCUT2D eigenvalue weighted by molar-refractivity contribution is 0.0951. The molecule has 0 aromatic carbocycles. The minimum Gasteiger partial charge on any atom is -0.396 e. The molecule has 2 aliphatic rings. The third-order valence-corrected chi connectivity index (χ3v) is 5.29. The second-order valence-corrected chi connectivity index (χ2v) is 6.46. The van der Waals surface area contributed by atoms with Crippen molar-refractivity contribution in [2.24, 2.45) is 5.92 Å². The molecule has 4 nitrogen and oxygen atoms in total. The van der Waals surface area contributed by atoms with Crippen molar-refractivity contribution in [3.8, 4) is 0 Å². The highest BCUT2D eigenvalue weighted by molar-refractivity contribution is 5.62. The molecular weight excluding hydrogens is 260 g/mol. The van der Waals surface area contributed by atoms with Crippen LogP contribution >= 0.6 is 0 Å². The molecule has 4 heteroatoms. The lowest BCUT2D eigenvalue weighted by atomic mass is 9.81. The van der Waals surface area contributed by atoms with Crippen LogP contribution in [0.15, 0.2) is 18.3 Å². The molecule has 0 spiro atoms. The Labute approximate surface area is 128 Å². The zero-order valence-corrected chi connectivity index (χ0v) is 13.2. The minimum atomic E-state index is 0.801. The first-order valence-corrected chi connectivity index (χ1v) is 8.49. The van der Waals surface area contributed by atoms with Crippen molar-refractivity contribution in [3.05, 3.63) is 18.3 Å². The Morgan fingerprint density at radius 3 is 2.67 bits per heavy atom. The Morgan fingerprint density at radius 2 is 1.95 bits per heavy atom. The average Bonchev–Trinajstić information content (AvgIpc) is 2.55. The van der Waals surface area contributed by atoms with Gasteiger partial charge in [-0.15, -0.1) is 0 Å². The van der Waals surface area contributed by atoms with Crippen LogP contribution in [0.2, 0.25) is 0 Å². The molecule has 2 fully saturated rings. The van der Waals surface area contributed by atoms with Gasteiger partial charge >= 0.3 is 0 Å². The fraction of sp³-hybridized carbons (Fsp3) is 0.706. The summed E-state index contributed by atoms with van der Waals surface area (Å²) in [5.74, 6) is 1.87. The van der Waals surface area contributed by atoms with Crippen LogP contribution in [0.25, 0.3) is 0 Å². The Hall–Kier alpha value is -1.29. The lowest BCUT2D eigenvalue weighted by Gasteiger charge is -2.44. The summed E-state index contributed by atoms with van der Waals surface area (Å²) in [7, 11) is 0. The van der Waals surface area contributed by atoms with Gasteiger partial charge < -0.3 is 10.6 Å². The van der Waals surface area contributed by atoms with E-state index >= 15 is 0 Å². The molecule has 0 bridgehead atoms. The van der Waals surface area contributed by atoms with Gasteiger partial charge in [0.1, 0.15) is 0 Å². The monoisotopic (exact) mass is 288 g/mol. The molecule has 1 saturated heterocycles. The Bertz CT molecular complexity index is 454. The first-order valence-electron chi connectivity index (χ1n) is 8.49. The summed E-state index contributed by atoms with van der Waals surface area (Å²) in [5.41, 5.74) is 6.86. The third-order valence-electron chi connectivity index (χ3n) is 5.29. The Balaban J connectivity index is 1.61. The molecule has 1 saturated carbocycles. The van der Waals surface area contributed by atoms with Gasteiger partial charge in [0.05, 0.1) is 5.69 Å². The summed E-state index contributed by atoms with van der Waals surface area (Å²) >= 11 is 0. The number of nitrogens with two attached hydrogens (primary N) is 1. The third kappa shape index (κ3) is 3.15. The Kier molecular flexibility index (Phi) is 4.63. The molecular formula is C17H28N4. The van der Waals surface area contributed by atoms with E-state index in [1.54, 1.807) is 0 Å². The van der Waals surface area contributed by atoms with E-state index in [1.807, 2.05) is 18.3 Å². The molecule has 3 rings (SSSR count). The number of nitrogen functional groups attached to an aromatic ring is 1. The van der Waals surface area contributed by atoms with Crippen molar-refractivity contribution in [1.82, 2.24) is 9.88 Å². The van der Waals surface area contributed by atoms with Crippen LogP contribution in [0.5, 0.6) is 0 Å². The summed E-state index contributed by atoms with van der Waals surface area (Å²) < 4.78 is 0. The van der Waals surface area contributed by atoms with Crippen molar-refractivity contribution >= 4 is 11.5 Å². The Morgan fingerprint density at radius 1 is 1.19 bits per heavy atom. The van der Waals surface area contributed by atoms with Gasteiger partial charge in [-0.2, -0.15) is 0 Å². The van der Waals surface area contributed by atoms with Crippen molar-refractivity contribution in [2.45, 2.75) is 45.1 Å². The molecule has 1 aliphatic carbocycles. The number of piperazine rings is 1. The molecule has 2 N–H and O–H groups in total. The number of nitrogens with zero attached hydrogens (tertiary/aromatic N) is 3. The molecule has 116 valence electrons. The van der Waals surface area contributed by atoms with E-state index in [-0.39, 0.29) is 0 Å². The second kappa shape index (κ2) is 6.65. The van der Waals surface area contributed by atoms with Gasteiger partial charge in [0.25, 0.3) is 0 Å². The molecule has 1 aliphatic heterocycles. The maximum Gasteiger partial charge on any atom is 0.151 e. The zero-order chi connectivity index (χ0) is 14.7. The van der Waals surface area contributed by atoms with Crippen molar-refractivity contribution in [3.63, 3.8) is 0 Å². The van der Waals surface area contributed by atoms with Crippen molar-refractivity contribution in [1.29, 1.82) is 0 Å². The maximum atomic E-state index is 6.05. The molecule has 0 amide bonds. The van der Waals surface area contributed by atoms with E-state index in [4.69, 9.17) is 5.73 Å². The van der Waals surface area contributed by atoms with Gasteiger partial charge in [0.15, 0.2) is 5.82 Å². The number of anilines is 2. The highest BCUT2D eigenvalue weighted by atomic mass is 15.3. The predicted molar refractivity (Wildman–Crippen MR) is 88.5 cm³/mol. The molecule has 2 unspecified atom stereocenters. The van der Waals surface area contributed by atoms with Gasteiger partial charge in [-0.3, -0.25) is 4.90 Å². The molecule has 21 heavy (non-hydrogen) atoms. The van der Waals surface area contributed by atoms with Gasteiger partial charge in [0, 0.05) is 38.4 Å². The zero-order valence-electron chi connectivity index (χ0n) is 13.2. The number of rotatable bonds is 3. The van der Waals surface area contributed by atoms with Crippen LogP contribution in [0.4, 0.5) is 11.5 Å². The van der Waals surface area contributed by atoms with Gasteiger partial charge in [-0.05, 0) is 30.9 Å². The topological polar surface area (TPSA) is 45.4 Å². The summed E-state index contributed by atoms with van der Waals surface area (Å²) in [4.78, 5) is 9.52. The van der Waals surface area contributed by atoms with Crippen LogP contribution in [0, 0.1) is 5.92 Å². The number of hydrogen-bond acceptors (Lipinski definition) is 4. The van der Waals surface area contributed by atoms with Crippen LogP contribution in [0.1, 0.15) is 39.0 Å². The summed E-state index contributed by atoms with van der Waals surface area (Å²) in [5, 5.41) is 0. The summed E-state index contributed by atoms with van der Waals surface area (Å²) in [6, 6.07) is 4.67. The SMILES string of the molecule is CCC1CCCCC1N1CCN(c2ncccc2N)CC1. The first-order chi connectivity index (χ1) is 10.3. The highest BCUT2D eigenvalue weighted by Crippen LogP contribution is 2.32. The van der Waals surface area contributed by atoms with Gasteiger partial charge in [-0.1, -0.05) is 26.2 Å². The predicted octanol–water partition coefficient (Wildman–Crippen LogP) is 2.75. The van der Waals surface area contributed by atoms with E-state index < -0.39 is 0 Å². The molecule has 2 heterocycles.